The lowest BCUT2D eigenvalue weighted by Crippen LogP contribution is -1.88. The van der Waals surface area contributed by atoms with Crippen LogP contribution in [0.2, 0.25) is 0 Å². The molecule has 0 radical (unpaired) electrons. The van der Waals surface area contributed by atoms with E-state index in [0.29, 0.717) is 5.76 Å². The molecule has 1 heterocycles. The number of nitro groups is 1. The van der Waals surface area contributed by atoms with Crippen LogP contribution in [0.5, 0.6) is 0 Å². The first-order valence-corrected chi connectivity index (χ1v) is 3.54. The molecule has 1 aromatic rings. The molecule has 1 rings (SSSR count). The van der Waals surface area contributed by atoms with Crippen LogP contribution in [-0.4, -0.2) is 4.92 Å². The zero-order valence-electron chi connectivity index (χ0n) is 5.36. The van der Waals surface area contributed by atoms with E-state index in [-0.39, 0.29) is 4.61 Å². The second kappa shape index (κ2) is 3.34. The maximum Gasteiger partial charge on any atom is 0.314 e. The topological polar surface area (TPSA) is 56.3 Å². The minimum atomic E-state index is -0.539. The van der Waals surface area contributed by atoms with Gasteiger partial charge < -0.3 is 4.42 Å². The van der Waals surface area contributed by atoms with Gasteiger partial charge in [0.05, 0.1) is 17.3 Å². The van der Waals surface area contributed by atoms with Gasteiger partial charge in [-0.15, -0.1) is 0 Å². The predicted octanol–water partition coefficient (Wildman–Crippen LogP) is 2.25. The Morgan fingerprint density at radius 3 is 3.00 bits per heavy atom. The van der Waals surface area contributed by atoms with Gasteiger partial charge in [-0.25, -0.2) is 0 Å². The highest BCUT2D eigenvalue weighted by atomic mass is 79.9. The lowest BCUT2D eigenvalue weighted by Gasteiger charge is -1.84. The molecular formula is C6H4BrNO3. The molecule has 0 amide bonds. The summed E-state index contributed by atoms with van der Waals surface area (Å²) in [5.74, 6) is 0.452. The molecule has 0 bridgehead atoms. The summed E-state index contributed by atoms with van der Waals surface area (Å²) in [7, 11) is 0. The molecule has 11 heavy (non-hydrogen) atoms. The van der Waals surface area contributed by atoms with E-state index in [1.807, 2.05) is 0 Å². The van der Waals surface area contributed by atoms with Crippen molar-refractivity contribution in [1.82, 2.24) is 0 Å². The lowest BCUT2D eigenvalue weighted by molar-refractivity contribution is -0.407. The van der Waals surface area contributed by atoms with Gasteiger partial charge in [-0.1, -0.05) is 0 Å². The molecular weight excluding hydrogens is 214 g/mol. The zero-order chi connectivity index (χ0) is 8.27. The molecule has 0 fully saturated rings. The molecule has 0 spiro atoms. The van der Waals surface area contributed by atoms with E-state index in [1.54, 1.807) is 12.1 Å². The van der Waals surface area contributed by atoms with E-state index in [1.165, 1.54) is 12.3 Å². The first kappa shape index (κ1) is 8.00. The summed E-state index contributed by atoms with van der Waals surface area (Å²) in [6, 6.07) is 3.29. The second-order valence-corrected chi connectivity index (χ2v) is 2.55. The van der Waals surface area contributed by atoms with Crippen LogP contribution < -0.4 is 0 Å². The Labute approximate surface area is 70.8 Å². The van der Waals surface area contributed by atoms with Crippen LogP contribution in [0.25, 0.3) is 6.08 Å². The monoisotopic (exact) mass is 217 g/mol. The van der Waals surface area contributed by atoms with E-state index in [0.717, 1.165) is 0 Å². The van der Waals surface area contributed by atoms with Gasteiger partial charge in [-0.05, 0) is 12.1 Å². The molecule has 0 aliphatic heterocycles. The van der Waals surface area contributed by atoms with Crippen LogP contribution in [0.15, 0.2) is 27.4 Å². The molecule has 0 N–H and O–H groups in total. The first-order valence-electron chi connectivity index (χ1n) is 2.75. The van der Waals surface area contributed by atoms with Crippen LogP contribution >= 0.6 is 15.9 Å². The van der Waals surface area contributed by atoms with Gasteiger partial charge in [0.15, 0.2) is 0 Å². The fraction of sp³-hybridized carbons (Fsp3) is 0. The largest absolute Gasteiger partial charge is 0.465 e. The third-order valence-electron chi connectivity index (χ3n) is 0.979. The molecule has 0 aromatic carbocycles. The third-order valence-corrected chi connectivity index (χ3v) is 1.50. The Bertz CT molecular complexity index is 278. The molecule has 4 nitrogen and oxygen atoms in total. The van der Waals surface area contributed by atoms with E-state index in [4.69, 9.17) is 4.42 Å². The highest BCUT2D eigenvalue weighted by Gasteiger charge is 2.04. The van der Waals surface area contributed by atoms with Crippen molar-refractivity contribution in [2.24, 2.45) is 0 Å². The molecule has 0 aliphatic carbocycles. The van der Waals surface area contributed by atoms with Crippen LogP contribution in [0.4, 0.5) is 0 Å². The van der Waals surface area contributed by atoms with Gasteiger partial charge in [0, 0.05) is 15.9 Å². The Hall–Kier alpha value is -1.10. The minimum Gasteiger partial charge on any atom is -0.465 e. The Morgan fingerprint density at radius 1 is 1.82 bits per heavy atom. The summed E-state index contributed by atoms with van der Waals surface area (Å²) in [4.78, 5) is 9.54. The van der Waals surface area contributed by atoms with E-state index >= 15 is 0 Å². The number of nitrogens with zero attached hydrogens (tertiary/aromatic N) is 1. The van der Waals surface area contributed by atoms with Crippen molar-refractivity contribution in [3.05, 3.63) is 38.9 Å². The molecule has 0 aliphatic rings. The van der Waals surface area contributed by atoms with Gasteiger partial charge in [0.2, 0.25) is 0 Å². The highest BCUT2D eigenvalue weighted by molar-refractivity contribution is 9.11. The fourth-order valence-electron chi connectivity index (χ4n) is 0.543. The Balaban J connectivity index is 2.82. The van der Waals surface area contributed by atoms with Gasteiger partial charge in [-0.3, -0.25) is 10.1 Å². The van der Waals surface area contributed by atoms with Gasteiger partial charge >= 0.3 is 4.61 Å². The van der Waals surface area contributed by atoms with Gasteiger partial charge in [0.1, 0.15) is 5.76 Å². The Kier molecular flexibility index (Phi) is 2.43. The minimum absolute atomic E-state index is 0.118. The summed E-state index contributed by atoms with van der Waals surface area (Å²) in [5, 5.41) is 10.1. The number of rotatable bonds is 2. The summed E-state index contributed by atoms with van der Waals surface area (Å²) in [6.07, 6.45) is 2.74. The van der Waals surface area contributed by atoms with E-state index in [2.05, 4.69) is 15.9 Å². The van der Waals surface area contributed by atoms with Crippen LogP contribution in [0.1, 0.15) is 5.76 Å². The summed E-state index contributed by atoms with van der Waals surface area (Å²) in [6.45, 7) is 0. The molecule has 1 aromatic heterocycles. The summed E-state index contributed by atoms with van der Waals surface area (Å²) < 4.78 is 4.73. The average molecular weight is 218 g/mol. The second-order valence-electron chi connectivity index (χ2n) is 1.74. The van der Waals surface area contributed by atoms with Crippen molar-refractivity contribution in [1.29, 1.82) is 0 Å². The van der Waals surface area contributed by atoms with Crippen LogP contribution in [-0.2, 0) is 0 Å². The van der Waals surface area contributed by atoms with Crippen molar-refractivity contribution < 1.29 is 9.34 Å². The molecule has 58 valence electrons. The molecule has 0 saturated carbocycles. The molecule has 0 unspecified atom stereocenters. The van der Waals surface area contributed by atoms with Gasteiger partial charge in [0.25, 0.3) is 0 Å². The number of hydrogen-bond donors (Lipinski definition) is 0. The summed E-state index contributed by atoms with van der Waals surface area (Å²) in [5.41, 5.74) is 0. The predicted molar refractivity (Wildman–Crippen MR) is 42.6 cm³/mol. The van der Waals surface area contributed by atoms with Crippen molar-refractivity contribution in [3.8, 4) is 0 Å². The molecule has 5 heteroatoms. The van der Waals surface area contributed by atoms with Crippen LogP contribution in [0, 0.1) is 10.1 Å². The SMILES string of the molecule is O=[N+]([O-])/C(Br)=C\c1ccco1. The van der Waals surface area contributed by atoms with Crippen LogP contribution in [0.3, 0.4) is 0 Å². The highest BCUT2D eigenvalue weighted by Crippen LogP contribution is 2.12. The fourth-order valence-corrected chi connectivity index (χ4v) is 0.769. The Morgan fingerprint density at radius 2 is 2.55 bits per heavy atom. The zero-order valence-corrected chi connectivity index (χ0v) is 6.95. The number of halogens is 1. The molecule has 0 saturated heterocycles. The van der Waals surface area contributed by atoms with E-state index in [9.17, 15) is 10.1 Å². The standard InChI is InChI=1S/C6H4BrNO3/c7-6(8(9)10)4-5-2-1-3-11-5/h1-4H/b6-4-. The van der Waals surface area contributed by atoms with Crippen molar-refractivity contribution in [3.63, 3.8) is 0 Å². The smallest absolute Gasteiger partial charge is 0.314 e. The van der Waals surface area contributed by atoms with Crippen molar-refractivity contribution in [2.45, 2.75) is 0 Å². The summed E-state index contributed by atoms with van der Waals surface area (Å²) >= 11 is 2.77. The number of furan rings is 1. The first-order chi connectivity index (χ1) is 5.20. The number of hydrogen-bond acceptors (Lipinski definition) is 3. The maximum absolute atomic E-state index is 10.1. The van der Waals surface area contributed by atoms with Gasteiger partial charge in [-0.2, -0.15) is 0 Å². The average Bonchev–Trinajstić information content (AvgIpc) is 2.39. The third kappa shape index (κ3) is 2.19. The lowest BCUT2D eigenvalue weighted by atomic mass is 10.4. The normalized spacial score (nSPS) is 11.5. The quantitative estimate of drug-likeness (QED) is 0.434. The van der Waals surface area contributed by atoms with Crippen molar-refractivity contribution >= 4 is 22.0 Å². The molecule has 0 atom stereocenters. The van der Waals surface area contributed by atoms with Crippen molar-refractivity contribution in [2.75, 3.05) is 0 Å². The maximum atomic E-state index is 10.1. The van der Waals surface area contributed by atoms with E-state index < -0.39 is 4.92 Å².